The third-order valence-electron chi connectivity index (χ3n) is 2.73. The van der Waals surface area contributed by atoms with E-state index in [4.69, 9.17) is 0 Å². The van der Waals surface area contributed by atoms with Gasteiger partial charge in [0.1, 0.15) is 5.82 Å². The molecule has 18 heavy (non-hydrogen) atoms. The maximum atomic E-state index is 11.7. The summed E-state index contributed by atoms with van der Waals surface area (Å²) in [6.45, 7) is 1.97. The summed E-state index contributed by atoms with van der Waals surface area (Å²) in [6, 6.07) is 4.08. The molecule has 1 heterocycles. The molecule has 1 aliphatic rings. The van der Waals surface area contributed by atoms with E-state index in [1.54, 1.807) is 18.3 Å². The van der Waals surface area contributed by atoms with Gasteiger partial charge in [-0.1, -0.05) is 13.3 Å². The van der Waals surface area contributed by atoms with E-state index in [-0.39, 0.29) is 5.75 Å². The molecule has 1 aliphatic carbocycles. The van der Waals surface area contributed by atoms with E-state index in [1.807, 2.05) is 6.92 Å². The molecule has 0 unspecified atom stereocenters. The summed E-state index contributed by atoms with van der Waals surface area (Å²) < 4.78 is 25.9. The number of hydrogen-bond acceptors (Lipinski definition) is 4. The van der Waals surface area contributed by atoms with Crippen LogP contribution in [0.4, 0.5) is 11.5 Å². The Labute approximate surface area is 108 Å². The maximum absolute atomic E-state index is 11.7. The summed E-state index contributed by atoms with van der Waals surface area (Å²) in [5.41, 5.74) is 0.521. The van der Waals surface area contributed by atoms with Crippen molar-refractivity contribution in [2.45, 2.75) is 38.6 Å². The Morgan fingerprint density at radius 1 is 1.39 bits per heavy atom. The van der Waals surface area contributed by atoms with E-state index in [0.717, 1.165) is 12.2 Å². The fraction of sp³-hybridized carbons (Fsp3) is 0.583. The highest BCUT2D eigenvalue weighted by Crippen LogP contribution is 2.24. The first kappa shape index (κ1) is 13.1. The first-order valence-electron chi connectivity index (χ1n) is 6.32. The number of aromatic nitrogens is 1. The second kappa shape index (κ2) is 5.56. The summed E-state index contributed by atoms with van der Waals surface area (Å²) in [4.78, 5) is 4.19. The lowest BCUT2D eigenvalue weighted by Gasteiger charge is -2.08. The molecule has 5 nitrogen and oxygen atoms in total. The number of rotatable bonds is 7. The number of anilines is 2. The van der Waals surface area contributed by atoms with E-state index in [1.165, 1.54) is 12.8 Å². The van der Waals surface area contributed by atoms with Crippen LogP contribution < -0.4 is 10.0 Å². The third-order valence-corrected chi connectivity index (χ3v) is 4.11. The van der Waals surface area contributed by atoms with Gasteiger partial charge in [-0.15, -0.1) is 0 Å². The van der Waals surface area contributed by atoms with Crippen molar-refractivity contribution in [3.63, 3.8) is 0 Å². The van der Waals surface area contributed by atoms with E-state index in [0.29, 0.717) is 18.2 Å². The second-order valence-electron chi connectivity index (χ2n) is 4.63. The number of unbranched alkanes of at least 4 members (excludes halogenated alkanes) is 1. The zero-order valence-corrected chi connectivity index (χ0v) is 11.3. The Hall–Kier alpha value is -1.30. The Bertz CT molecular complexity index is 481. The van der Waals surface area contributed by atoms with E-state index in [9.17, 15) is 8.42 Å². The molecule has 0 saturated heterocycles. The summed E-state index contributed by atoms with van der Waals surface area (Å²) in [6.07, 6.45) is 5.46. The number of hydrogen-bond donors (Lipinski definition) is 2. The molecule has 1 aromatic rings. The quantitative estimate of drug-likeness (QED) is 0.796. The molecule has 0 aliphatic heterocycles. The maximum Gasteiger partial charge on any atom is 0.232 e. The van der Waals surface area contributed by atoms with E-state index >= 15 is 0 Å². The zero-order valence-electron chi connectivity index (χ0n) is 10.5. The lowest BCUT2D eigenvalue weighted by molar-refractivity contribution is 0.598. The zero-order chi connectivity index (χ0) is 13.0. The van der Waals surface area contributed by atoms with Gasteiger partial charge in [0.25, 0.3) is 0 Å². The van der Waals surface area contributed by atoms with Crippen LogP contribution in [-0.4, -0.2) is 25.2 Å². The lowest BCUT2D eigenvalue weighted by Crippen LogP contribution is -2.16. The van der Waals surface area contributed by atoms with E-state index < -0.39 is 10.0 Å². The summed E-state index contributed by atoms with van der Waals surface area (Å²) >= 11 is 0. The van der Waals surface area contributed by atoms with Crippen molar-refractivity contribution in [3.05, 3.63) is 18.3 Å². The number of pyridine rings is 1. The van der Waals surface area contributed by atoms with Crippen LogP contribution in [0.5, 0.6) is 0 Å². The predicted octanol–water partition coefficient (Wildman–Crippen LogP) is 2.20. The second-order valence-corrected chi connectivity index (χ2v) is 6.47. The van der Waals surface area contributed by atoms with Crippen molar-refractivity contribution < 1.29 is 8.42 Å². The molecular formula is C12H19N3O2S. The molecule has 6 heteroatoms. The molecule has 0 atom stereocenters. The molecule has 1 aromatic heterocycles. The molecule has 2 N–H and O–H groups in total. The van der Waals surface area contributed by atoms with Crippen LogP contribution in [-0.2, 0) is 10.0 Å². The predicted molar refractivity (Wildman–Crippen MR) is 73.2 cm³/mol. The van der Waals surface area contributed by atoms with Gasteiger partial charge in [0.15, 0.2) is 0 Å². The number of nitrogens with zero attached hydrogens (tertiary/aromatic N) is 1. The van der Waals surface area contributed by atoms with Crippen LogP contribution in [0.1, 0.15) is 32.6 Å². The molecule has 1 saturated carbocycles. The van der Waals surface area contributed by atoms with Crippen LogP contribution in [0, 0.1) is 0 Å². The molecule has 0 bridgehead atoms. The van der Waals surface area contributed by atoms with Crippen LogP contribution >= 0.6 is 0 Å². The highest BCUT2D eigenvalue weighted by molar-refractivity contribution is 7.92. The molecule has 0 radical (unpaired) electrons. The van der Waals surface area contributed by atoms with E-state index in [2.05, 4.69) is 15.0 Å². The van der Waals surface area contributed by atoms with Gasteiger partial charge >= 0.3 is 0 Å². The van der Waals surface area contributed by atoms with Crippen molar-refractivity contribution in [1.29, 1.82) is 0 Å². The molecule has 0 amide bonds. The summed E-state index contributed by atoms with van der Waals surface area (Å²) in [5.74, 6) is 0.958. The average Bonchev–Trinajstić information content (AvgIpc) is 3.13. The van der Waals surface area contributed by atoms with Gasteiger partial charge < -0.3 is 5.32 Å². The smallest absolute Gasteiger partial charge is 0.232 e. The highest BCUT2D eigenvalue weighted by Gasteiger charge is 2.21. The standard InChI is InChI=1S/C12H19N3O2S/c1-2-3-8-18(16,17)15-11-6-7-12(13-9-11)14-10-4-5-10/h6-7,9-10,15H,2-5,8H2,1H3,(H,13,14). The van der Waals surface area contributed by atoms with Crippen molar-refractivity contribution in [2.24, 2.45) is 0 Å². The Kier molecular flexibility index (Phi) is 4.06. The summed E-state index contributed by atoms with van der Waals surface area (Å²) in [7, 11) is -3.23. The van der Waals surface area contributed by atoms with Crippen LogP contribution in [0.25, 0.3) is 0 Å². The van der Waals surface area contributed by atoms with Gasteiger partial charge in [-0.2, -0.15) is 0 Å². The van der Waals surface area contributed by atoms with Gasteiger partial charge in [0.05, 0.1) is 17.6 Å². The topological polar surface area (TPSA) is 71.1 Å². The minimum Gasteiger partial charge on any atom is -0.367 e. The van der Waals surface area contributed by atoms with Gasteiger partial charge in [-0.05, 0) is 31.4 Å². The van der Waals surface area contributed by atoms with Crippen LogP contribution in [0.15, 0.2) is 18.3 Å². The SMILES string of the molecule is CCCCS(=O)(=O)Nc1ccc(NC2CC2)nc1. The lowest BCUT2D eigenvalue weighted by atomic mass is 10.4. The van der Waals surface area contributed by atoms with Crippen LogP contribution in [0.3, 0.4) is 0 Å². The fourth-order valence-electron chi connectivity index (χ4n) is 1.54. The minimum atomic E-state index is -3.23. The van der Waals surface area contributed by atoms with Crippen molar-refractivity contribution in [3.8, 4) is 0 Å². The summed E-state index contributed by atoms with van der Waals surface area (Å²) in [5, 5.41) is 3.25. The molecule has 0 spiro atoms. The van der Waals surface area contributed by atoms with Crippen LogP contribution in [0.2, 0.25) is 0 Å². The minimum absolute atomic E-state index is 0.158. The molecule has 0 aromatic carbocycles. The van der Waals surface area contributed by atoms with Gasteiger partial charge in [-0.3, -0.25) is 4.72 Å². The first-order valence-corrected chi connectivity index (χ1v) is 7.97. The molecule has 1 fully saturated rings. The highest BCUT2D eigenvalue weighted by atomic mass is 32.2. The average molecular weight is 269 g/mol. The van der Waals surface area contributed by atoms with Crippen molar-refractivity contribution in [2.75, 3.05) is 15.8 Å². The molecular weight excluding hydrogens is 250 g/mol. The molecule has 2 rings (SSSR count). The Balaban J connectivity index is 1.92. The first-order chi connectivity index (χ1) is 8.59. The van der Waals surface area contributed by atoms with Gasteiger partial charge in [0, 0.05) is 6.04 Å². The largest absolute Gasteiger partial charge is 0.367 e. The van der Waals surface area contributed by atoms with Gasteiger partial charge in [-0.25, -0.2) is 13.4 Å². The normalized spacial score (nSPS) is 15.4. The fourth-order valence-corrected chi connectivity index (χ4v) is 2.79. The van der Waals surface area contributed by atoms with Gasteiger partial charge in [0.2, 0.25) is 10.0 Å². The van der Waals surface area contributed by atoms with Crippen molar-refractivity contribution in [1.82, 2.24) is 4.98 Å². The third kappa shape index (κ3) is 4.18. The Morgan fingerprint density at radius 3 is 2.72 bits per heavy atom. The Morgan fingerprint density at radius 2 is 2.17 bits per heavy atom. The number of sulfonamides is 1. The monoisotopic (exact) mass is 269 g/mol. The van der Waals surface area contributed by atoms with Crippen molar-refractivity contribution >= 4 is 21.5 Å². The molecule has 100 valence electrons. The number of nitrogens with one attached hydrogen (secondary N) is 2.